The zero-order chi connectivity index (χ0) is 26.3. The normalized spacial score (nSPS) is 12.7. The molecule has 0 saturated carbocycles. The number of hydrogen-bond acceptors (Lipinski definition) is 6. The molecule has 0 unspecified atom stereocenters. The molecule has 194 valence electrons. The van der Waals surface area contributed by atoms with E-state index in [4.69, 9.17) is 19.2 Å². The minimum atomic E-state index is -0.0977. The van der Waals surface area contributed by atoms with Crippen LogP contribution in [0.3, 0.4) is 0 Å². The fourth-order valence-electron chi connectivity index (χ4n) is 4.53. The van der Waals surface area contributed by atoms with Crippen molar-refractivity contribution in [3.63, 3.8) is 0 Å². The number of para-hydroxylation sites is 1. The van der Waals surface area contributed by atoms with Gasteiger partial charge in [0.1, 0.15) is 28.9 Å². The summed E-state index contributed by atoms with van der Waals surface area (Å²) in [4.78, 5) is 19.3. The van der Waals surface area contributed by atoms with Gasteiger partial charge in [0.15, 0.2) is 0 Å². The van der Waals surface area contributed by atoms with Gasteiger partial charge in [-0.25, -0.2) is 4.99 Å². The molecule has 7 heteroatoms. The van der Waals surface area contributed by atoms with Crippen LogP contribution >= 0.6 is 11.3 Å². The quantitative estimate of drug-likeness (QED) is 0.234. The number of aryl methyl sites for hydroxylation is 1. The van der Waals surface area contributed by atoms with Crippen molar-refractivity contribution in [2.24, 2.45) is 4.99 Å². The molecule has 0 saturated heterocycles. The van der Waals surface area contributed by atoms with Crippen molar-refractivity contribution >= 4 is 34.1 Å². The second-order valence-electron chi connectivity index (χ2n) is 9.00. The van der Waals surface area contributed by atoms with Crippen LogP contribution in [0.1, 0.15) is 44.8 Å². The molecule has 1 amide bonds. The maximum absolute atomic E-state index is 13.3. The SMILES string of the molecule is COc1ccc(OC)c(COc2ccc(C=Nc3sc4c(c3C(=O)Nc3ccccc3)CCCC4)cc2)c1. The molecule has 4 aromatic rings. The Bertz CT molecular complexity index is 1430. The van der Waals surface area contributed by atoms with E-state index in [0.717, 1.165) is 70.3 Å². The van der Waals surface area contributed by atoms with Gasteiger partial charge in [0, 0.05) is 22.3 Å². The van der Waals surface area contributed by atoms with Crippen LogP contribution in [0, 0.1) is 0 Å². The van der Waals surface area contributed by atoms with Crippen molar-refractivity contribution in [2.75, 3.05) is 19.5 Å². The molecule has 0 fully saturated rings. The zero-order valence-corrected chi connectivity index (χ0v) is 22.3. The van der Waals surface area contributed by atoms with Gasteiger partial charge in [0.25, 0.3) is 5.91 Å². The Balaban J connectivity index is 1.31. The van der Waals surface area contributed by atoms with Gasteiger partial charge >= 0.3 is 0 Å². The second kappa shape index (κ2) is 12.0. The number of carbonyl (C=O) groups is 1. The Labute approximate surface area is 226 Å². The van der Waals surface area contributed by atoms with E-state index in [0.29, 0.717) is 12.2 Å². The number of methoxy groups -OCH3 is 2. The van der Waals surface area contributed by atoms with Crippen LogP contribution < -0.4 is 19.5 Å². The molecule has 6 nitrogen and oxygen atoms in total. The number of amides is 1. The molecule has 5 rings (SSSR count). The topological polar surface area (TPSA) is 69.1 Å². The number of carbonyl (C=O) groups excluding carboxylic acids is 1. The summed E-state index contributed by atoms with van der Waals surface area (Å²) < 4.78 is 16.7. The van der Waals surface area contributed by atoms with Crippen molar-refractivity contribution in [3.8, 4) is 17.2 Å². The van der Waals surface area contributed by atoms with Crippen LogP contribution in [0.25, 0.3) is 0 Å². The Kier molecular flexibility index (Phi) is 8.04. The van der Waals surface area contributed by atoms with Crippen molar-refractivity contribution < 1.29 is 19.0 Å². The fraction of sp³-hybridized carbons (Fsp3) is 0.226. The number of hydrogen-bond donors (Lipinski definition) is 1. The van der Waals surface area contributed by atoms with Crippen LogP contribution in [0.5, 0.6) is 17.2 Å². The number of nitrogens with one attached hydrogen (secondary N) is 1. The summed E-state index contributed by atoms with van der Waals surface area (Å²) in [7, 11) is 3.27. The van der Waals surface area contributed by atoms with E-state index in [1.54, 1.807) is 25.6 Å². The Morgan fingerprint density at radius 1 is 0.947 bits per heavy atom. The Hall–Kier alpha value is -4.10. The average molecular weight is 527 g/mol. The lowest BCUT2D eigenvalue weighted by atomic mass is 9.95. The number of fused-ring (bicyclic) bond motifs is 1. The predicted octanol–water partition coefficient (Wildman–Crippen LogP) is 7.23. The molecule has 1 aromatic heterocycles. The smallest absolute Gasteiger partial charge is 0.259 e. The molecule has 0 aliphatic heterocycles. The number of aliphatic imine (C=N–C) groups is 1. The van der Waals surface area contributed by atoms with Gasteiger partial charge in [-0.3, -0.25) is 4.79 Å². The van der Waals surface area contributed by atoms with Gasteiger partial charge in [-0.1, -0.05) is 18.2 Å². The van der Waals surface area contributed by atoms with Crippen molar-refractivity contribution in [3.05, 3.63) is 99.9 Å². The highest BCUT2D eigenvalue weighted by atomic mass is 32.1. The summed E-state index contributed by atoms with van der Waals surface area (Å²) in [5.41, 5.74) is 4.47. The van der Waals surface area contributed by atoms with E-state index in [2.05, 4.69) is 5.32 Å². The highest BCUT2D eigenvalue weighted by molar-refractivity contribution is 7.16. The van der Waals surface area contributed by atoms with Gasteiger partial charge in [-0.2, -0.15) is 0 Å². The van der Waals surface area contributed by atoms with Crippen molar-refractivity contribution in [1.82, 2.24) is 0 Å². The van der Waals surface area contributed by atoms with E-state index in [1.807, 2.05) is 79.0 Å². The number of anilines is 1. The first-order valence-electron chi connectivity index (χ1n) is 12.6. The predicted molar refractivity (Wildman–Crippen MR) is 153 cm³/mol. The van der Waals surface area contributed by atoms with Crippen LogP contribution in [0.2, 0.25) is 0 Å². The summed E-state index contributed by atoms with van der Waals surface area (Å²) in [5, 5.41) is 3.80. The van der Waals surface area contributed by atoms with Crippen LogP contribution in [0.15, 0.2) is 77.8 Å². The van der Waals surface area contributed by atoms with Gasteiger partial charge in [0.05, 0.1) is 19.8 Å². The molecule has 0 atom stereocenters. The first-order valence-corrected chi connectivity index (χ1v) is 13.4. The maximum atomic E-state index is 13.3. The summed E-state index contributed by atoms with van der Waals surface area (Å²) in [6, 6.07) is 22.9. The zero-order valence-electron chi connectivity index (χ0n) is 21.5. The summed E-state index contributed by atoms with van der Waals surface area (Å²) in [6.07, 6.45) is 5.99. The third kappa shape index (κ3) is 5.89. The monoisotopic (exact) mass is 526 g/mol. The summed E-state index contributed by atoms with van der Waals surface area (Å²) in [6.45, 7) is 0.356. The van der Waals surface area contributed by atoms with E-state index in [1.165, 1.54) is 4.88 Å². The molecular weight excluding hydrogens is 496 g/mol. The third-order valence-electron chi connectivity index (χ3n) is 6.50. The largest absolute Gasteiger partial charge is 0.497 e. The summed E-state index contributed by atoms with van der Waals surface area (Å²) >= 11 is 1.63. The average Bonchev–Trinajstić information content (AvgIpc) is 3.34. The molecule has 0 spiro atoms. The molecule has 1 heterocycles. The number of benzene rings is 3. The molecule has 0 radical (unpaired) electrons. The number of rotatable bonds is 9. The van der Waals surface area contributed by atoms with E-state index in [9.17, 15) is 4.79 Å². The lowest BCUT2D eigenvalue weighted by molar-refractivity contribution is 0.102. The van der Waals surface area contributed by atoms with Crippen molar-refractivity contribution in [1.29, 1.82) is 0 Å². The highest BCUT2D eigenvalue weighted by Gasteiger charge is 2.25. The van der Waals surface area contributed by atoms with Gasteiger partial charge < -0.3 is 19.5 Å². The number of ether oxygens (including phenoxy) is 3. The molecule has 1 aliphatic rings. The first-order chi connectivity index (χ1) is 18.6. The number of thiophene rings is 1. The molecule has 3 aromatic carbocycles. The minimum absolute atomic E-state index is 0.0977. The molecule has 38 heavy (non-hydrogen) atoms. The fourth-order valence-corrected chi connectivity index (χ4v) is 5.76. The molecule has 1 N–H and O–H groups in total. The lowest BCUT2D eigenvalue weighted by Gasteiger charge is -2.12. The highest BCUT2D eigenvalue weighted by Crippen LogP contribution is 2.40. The van der Waals surface area contributed by atoms with Gasteiger partial charge in [-0.15, -0.1) is 11.3 Å². The van der Waals surface area contributed by atoms with Crippen LogP contribution in [-0.2, 0) is 19.4 Å². The number of nitrogens with zero attached hydrogens (tertiary/aromatic N) is 1. The van der Waals surface area contributed by atoms with E-state index in [-0.39, 0.29) is 5.91 Å². The maximum Gasteiger partial charge on any atom is 0.259 e. The summed E-state index contributed by atoms with van der Waals surface area (Å²) in [5.74, 6) is 2.14. The second-order valence-corrected chi connectivity index (χ2v) is 10.1. The standard InChI is InChI=1S/C31H30N2O4S/c1-35-25-16-17-27(36-2)22(18-25)20-37-24-14-12-21(13-15-24)19-32-31-29(26-10-6-7-11-28(26)38-31)30(34)33-23-8-4-3-5-9-23/h3-5,8-9,12-19H,6-7,10-11,20H2,1-2H3,(H,33,34). The van der Waals surface area contributed by atoms with Gasteiger partial charge in [0.2, 0.25) is 0 Å². The molecular formula is C31H30N2O4S. The van der Waals surface area contributed by atoms with Gasteiger partial charge in [-0.05, 0) is 91.4 Å². The van der Waals surface area contributed by atoms with Crippen LogP contribution in [-0.4, -0.2) is 26.3 Å². The van der Waals surface area contributed by atoms with E-state index < -0.39 is 0 Å². The van der Waals surface area contributed by atoms with Crippen LogP contribution in [0.4, 0.5) is 10.7 Å². The van der Waals surface area contributed by atoms with E-state index >= 15 is 0 Å². The Morgan fingerprint density at radius 2 is 1.71 bits per heavy atom. The first kappa shape index (κ1) is 25.5. The third-order valence-corrected chi connectivity index (χ3v) is 7.70. The molecule has 1 aliphatic carbocycles. The van der Waals surface area contributed by atoms with Crippen molar-refractivity contribution in [2.45, 2.75) is 32.3 Å². The lowest BCUT2D eigenvalue weighted by Crippen LogP contribution is -2.14. The minimum Gasteiger partial charge on any atom is -0.497 e. The Morgan fingerprint density at radius 3 is 2.47 bits per heavy atom. The molecule has 0 bridgehead atoms.